The van der Waals surface area contributed by atoms with E-state index in [4.69, 9.17) is 0 Å². The molecule has 1 heterocycles. The molecule has 0 unspecified atom stereocenters. The molecule has 0 saturated carbocycles. The first-order valence-corrected chi connectivity index (χ1v) is 7.41. The third-order valence-electron chi connectivity index (χ3n) is 3.45. The number of rotatable bonds is 4. The number of benzene rings is 2. The van der Waals surface area contributed by atoms with E-state index in [9.17, 15) is 18.4 Å². The lowest BCUT2D eigenvalue weighted by atomic mass is 10.2. The molecule has 1 N–H and O–H groups in total. The molecule has 126 valence electrons. The minimum Gasteiger partial charge on any atom is -0.318 e. The van der Waals surface area contributed by atoms with Crippen LogP contribution in [0.4, 0.5) is 14.5 Å². The van der Waals surface area contributed by atoms with Crippen molar-refractivity contribution in [1.82, 2.24) is 9.78 Å². The molecule has 1 amide bonds. The van der Waals surface area contributed by atoms with Gasteiger partial charge in [-0.05, 0) is 23.8 Å². The molecule has 5 nitrogen and oxygen atoms in total. The number of hydrogen-bond acceptors (Lipinski definition) is 3. The van der Waals surface area contributed by atoms with Crippen molar-refractivity contribution in [1.29, 1.82) is 0 Å². The maximum atomic E-state index is 13.6. The highest BCUT2D eigenvalue weighted by atomic mass is 19.1. The molecule has 25 heavy (non-hydrogen) atoms. The molecule has 0 atom stereocenters. The summed E-state index contributed by atoms with van der Waals surface area (Å²) in [6.07, 6.45) is 0. The van der Waals surface area contributed by atoms with E-state index in [0.29, 0.717) is 0 Å². The van der Waals surface area contributed by atoms with E-state index in [1.165, 1.54) is 12.1 Å². The van der Waals surface area contributed by atoms with E-state index in [1.54, 1.807) is 0 Å². The Labute approximate surface area is 141 Å². The minimum absolute atomic E-state index is 0.0841. The maximum absolute atomic E-state index is 13.6. The molecule has 3 rings (SSSR count). The van der Waals surface area contributed by atoms with E-state index < -0.39 is 17.5 Å². The number of nitrogens with zero attached hydrogens (tertiary/aromatic N) is 2. The van der Waals surface area contributed by atoms with Gasteiger partial charge in [0.1, 0.15) is 17.3 Å². The van der Waals surface area contributed by atoms with Gasteiger partial charge in [0.15, 0.2) is 0 Å². The van der Waals surface area contributed by atoms with Crippen molar-refractivity contribution >= 4 is 11.6 Å². The zero-order chi connectivity index (χ0) is 17.8. The van der Waals surface area contributed by atoms with Gasteiger partial charge >= 0.3 is 0 Å². The lowest BCUT2D eigenvalue weighted by molar-refractivity contribution is 0.101. The summed E-state index contributed by atoms with van der Waals surface area (Å²) < 4.78 is 27.9. The summed E-state index contributed by atoms with van der Waals surface area (Å²) in [4.78, 5) is 24.1. The van der Waals surface area contributed by atoms with E-state index in [0.717, 1.165) is 28.4 Å². The number of carbonyl (C=O) groups excluding carboxylic acids is 1. The van der Waals surface area contributed by atoms with E-state index in [1.807, 2.05) is 30.3 Å². The zero-order valence-electron chi connectivity index (χ0n) is 12.9. The van der Waals surface area contributed by atoms with Crippen molar-refractivity contribution in [3.8, 4) is 0 Å². The van der Waals surface area contributed by atoms with Crippen molar-refractivity contribution in [3.05, 3.63) is 93.9 Å². The number of hydrogen-bond donors (Lipinski definition) is 1. The SMILES string of the molecule is O=C(Nc1cc(F)ccc1F)c1ccc(=O)n(Cc2ccccc2)n1. The lowest BCUT2D eigenvalue weighted by Gasteiger charge is -2.08. The van der Waals surface area contributed by atoms with Gasteiger partial charge in [-0.15, -0.1) is 0 Å². The predicted molar refractivity (Wildman–Crippen MR) is 88.4 cm³/mol. The van der Waals surface area contributed by atoms with Gasteiger partial charge in [0.2, 0.25) is 0 Å². The van der Waals surface area contributed by atoms with Crippen LogP contribution in [0, 0.1) is 11.6 Å². The normalized spacial score (nSPS) is 10.5. The van der Waals surface area contributed by atoms with Crippen LogP contribution in [0.2, 0.25) is 0 Å². The minimum atomic E-state index is -0.771. The van der Waals surface area contributed by atoms with Crippen LogP contribution in [0.3, 0.4) is 0 Å². The Bertz CT molecular complexity index is 972. The molecule has 3 aromatic rings. The van der Waals surface area contributed by atoms with Crippen LogP contribution in [0.5, 0.6) is 0 Å². The molecule has 0 radical (unpaired) electrons. The molecular weight excluding hydrogens is 328 g/mol. The van der Waals surface area contributed by atoms with Gasteiger partial charge in [-0.1, -0.05) is 30.3 Å². The molecule has 0 fully saturated rings. The number of aromatic nitrogens is 2. The van der Waals surface area contributed by atoms with Gasteiger partial charge in [0, 0.05) is 12.1 Å². The van der Waals surface area contributed by atoms with Crippen LogP contribution in [-0.2, 0) is 6.54 Å². The number of carbonyl (C=O) groups is 1. The smallest absolute Gasteiger partial charge is 0.276 e. The van der Waals surface area contributed by atoms with Crippen molar-refractivity contribution in [2.45, 2.75) is 6.54 Å². The lowest BCUT2D eigenvalue weighted by Crippen LogP contribution is -2.26. The van der Waals surface area contributed by atoms with Crippen molar-refractivity contribution < 1.29 is 13.6 Å². The second kappa shape index (κ2) is 7.04. The maximum Gasteiger partial charge on any atom is 0.276 e. The molecule has 0 aliphatic carbocycles. The van der Waals surface area contributed by atoms with Gasteiger partial charge in [-0.3, -0.25) is 9.59 Å². The average Bonchev–Trinajstić information content (AvgIpc) is 2.61. The highest BCUT2D eigenvalue weighted by Gasteiger charge is 2.13. The fourth-order valence-electron chi connectivity index (χ4n) is 2.22. The molecule has 0 aliphatic heterocycles. The quantitative estimate of drug-likeness (QED) is 0.794. The Morgan fingerprint density at radius 1 is 1.04 bits per heavy atom. The van der Waals surface area contributed by atoms with Crippen LogP contribution < -0.4 is 10.9 Å². The van der Waals surface area contributed by atoms with Crippen molar-refractivity contribution in [3.63, 3.8) is 0 Å². The summed E-state index contributed by atoms with van der Waals surface area (Å²) in [6, 6.07) is 14.3. The van der Waals surface area contributed by atoms with Crippen LogP contribution >= 0.6 is 0 Å². The highest BCUT2D eigenvalue weighted by Crippen LogP contribution is 2.15. The van der Waals surface area contributed by atoms with Crippen LogP contribution in [0.25, 0.3) is 0 Å². The van der Waals surface area contributed by atoms with Gasteiger partial charge in [0.25, 0.3) is 11.5 Å². The number of amides is 1. The molecule has 0 aliphatic rings. The third kappa shape index (κ3) is 3.95. The number of nitrogens with one attached hydrogen (secondary N) is 1. The predicted octanol–water partition coefficient (Wildman–Crippen LogP) is 2.82. The largest absolute Gasteiger partial charge is 0.318 e. The van der Waals surface area contributed by atoms with Crippen molar-refractivity contribution in [2.24, 2.45) is 0 Å². The molecule has 1 aromatic heterocycles. The topological polar surface area (TPSA) is 64.0 Å². The fourth-order valence-corrected chi connectivity index (χ4v) is 2.22. The first-order valence-electron chi connectivity index (χ1n) is 7.41. The number of anilines is 1. The molecule has 2 aromatic carbocycles. The van der Waals surface area contributed by atoms with Gasteiger partial charge < -0.3 is 5.32 Å². The summed E-state index contributed by atoms with van der Waals surface area (Å²) in [5.74, 6) is -2.20. The van der Waals surface area contributed by atoms with Gasteiger partial charge in [0.05, 0.1) is 12.2 Å². The number of halogens is 2. The Kier molecular flexibility index (Phi) is 4.65. The summed E-state index contributed by atoms with van der Waals surface area (Å²) in [7, 11) is 0. The first kappa shape index (κ1) is 16.5. The standard InChI is InChI=1S/C18H13F2N3O2/c19-13-6-7-14(20)16(10-13)21-18(25)15-8-9-17(24)23(22-15)11-12-4-2-1-3-5-12/h1-10H,11H2,(H,21,25). The second-order valence-corrected chi connectivity index (χ2v) is 5.28. The fraction of sp³-hybridized carbons (Fsp3) is 0.0556. The second-order valence-electron chi connectivity index (χ2n) is 5.28. The summed E-state index contributed by atoms with van der Waals surface area (Å²) in [6.45, 7) is 0.190. The Morgan fingerprint density at radius 3 is 2.56 bits per heavy atom. The van der Waals surface area contributed by atoms with Gasteiger partial charge in [-0.25, -0.2) is 13.5 Å². The zero-order valence-corrected chi connectivity index (χ0v) is 12.9. The summed E-state index contributed by atoms with van der Waals surface area (Å²) in [5, 5.41) is 6.24. The molecule has 0 spiro atoms. The third-order valence-corrected chi connectivity index (χ3v) is 3.45. The van der Waals surface area contributed by atoms with E-state index in [-0.39, 0.29) is 23.5 Å². The van der Waals surface area contributed by atoms with Crippen LogP contribution in [-0.4, -0.2) is 15.7 Å². The summed E-state index contributed by atoms with van der Waals surface area (Å²) in [5.41, 5.74) is 0.0787. The van der Waals surface area contributed by atoms with E-state index in [2.05, 4.69) is 10.4 Å². The molecule has 0 saturated heterocycles. The van der Waals surface area contributed by atoms with Crippen LogP contribution in [0.1, 0.15) is 16.1 Å². The summed E-state index contributed by atoms with van der Waals surface area (Å²) >= 11 is 0. The van der Waals surface area contributed by atoms with E-state index >= 15 is 0 Å². The molecule has 7 heteroatoms. The highest BCUT2D eigenvalue weighted by molar-refractivity contribution is 6.02. The average molecular weight is 341 g/mol. The van der Waals surface area contributed by atoms with Crippen molar-refractivity contribution in [2.75, 3.05) is 5.32 Å². The Balaban J connectivity index is 1.85. The molecular formula is C18H13F2N3O2. The Morgan fingerprint density at radius 2 is 1.80 bits per heavy atom. The monoisotopic (exact) mass is 341 g/mol. The van der Waals surface area contributed by atoms with Gasteiger partial charge in [-0.2, -0.15) is 5.10 Å². The molecule has 0 bridgehead atoms. The van der Waals surface area contributed by atoms with Crippen LogP contribution in [0.15, 0.2) is 65.5 Å². The Hall–Kier alpha value is -3.35. The first-order chi connectivity index (χ1) is 12.0.